The van der Waals surface area contributed by atoms with Crippen LogP contribution in [0.2, 0.25) is 0 Å². The highest BCUT2D eigenvalue weighted by Crippen LogP contribution is 2.12. The molecule has 2 atom stereocenters. The normalized spacial score (nSPS) is 27.1. The standard InChI is InChI=1S/C8H15NO2.C2H6/c1-6-4-3-5-7(9-6)8(10)11-2;1-2/h6-7,9H,3-5H2,1-2H3;1-2H3. The van der Waals surface area contributed by atoms with Crippen molar-refractivity contribution in [3.8, 4) is 0 Å². The molecule has 0 amide bonds. The Balaban J connectivity index is 0.000000671. The van der Waals surface area contributed by atoms with Gasteiger partial charge in [-0.1, -0.05) is 13.8 Å². The molecule has 0 bridgehead atoms. The molecule has 0 radical (unpaired) electrons. The van der Waals surface area contributed by atoms with E-state index >= 15 is 0 Å². The molecule has 3 nitrogen and oxygen atoms in total. The van der Waals surface area contributed by atoms with E-state index in [0.717, 1.165) is 19.3 Å². The van der Waals surface area contributed by atoms with E-state index in [0.29, 0.717) is 6.04 Å². The number of ether oxygens (including phenoxy) is 1. The molecule has 0 aromatic rings. The zero-order valence-electron chi connectivity index (χ0n) is 9.09. The number of rotatable bonds is 1. The highest BCUT2D eigenvalue weighted by Gasteiger charge is 2.24. The SMILES string of the molecule is CC.COC(=O)C1CCCC(C)N1. The monoisotopic (exact) mass is 187 g/mol. The Morgan fingerprint density at radius 1 is 1.38 bits per heavy atom. The predicted molar refractivity (Wildman–Crippen MR) is 53.6 cm³/mol. The van der Waals surface area contributed by atoms with Crippen LogP contribution in [0.25, 0.3) is 0 Å². The zero-order chi connectivity index (χ0) is 10.3. The first kappa shape index (κ1) is 12.4. The van der Waals surface area contributed by atoms with Crippen LogP contribution in [0.15, 0.2) is 0 Å². The minimum Gasteiger partial charge on any atom is -0.468 e. The van der Waals surface area contributed by atoms with Gasteiger partial charge in [0.25, 0.3) is 0 Å². The Morgan fingerprint density at radius 3 is 2.46 bits per heavy atom. The highest BCUT2D eigenvalue weighted by molar-refractivity contribution is 5.75. The lowest BCUT2D eigenvalue weighted by molar-refractivity contribution is -0.144. The maximum Gasteiger partial charge on any atom is 0.322 e. The van der Waals surface area contributed by atoms with Gasteiger partial charge in [0, 0.05) is 6.04 Å². The van der Waals surface area contributed by atoms with Crippen molar-refractivity contribution in [1.29, 1.82) is 0 Å². The Hall–Kier alpha value is -0.570. The van der Waals surface area contributed by atoms with Crippen molar-refractivity contribution >= 4 is 5.97 Å². The van der Waals surface area contributed by atoms with Crippen LogP contribution in [0.1, 0.15) is 40.0 Å². The summed E-state index contributed by atoms with van der Waals surface area (Å²) in [6, 6.07) is 0.386. The van der Waals surface area contributed by atoms with Crippen LogP contribution in [0, 0.1) is 0 Å². The van der Waals surface area contributed by atoms with E-state index in [2.05, 4.69) is 17.0 Å². The third-order valence-electron chi connectivity index (χ3n) is 2.10. The van der Waals surface area contributed by atoms with Gasteiger partial charge in [-0.3, -0.25) is 4.79 Å². The molecule has 1 aliphatic heterocycles. The fourth-order valence-electron chi connectivity index (χ4n) is 1.47. The number of esters is 1. The number of nitrogens with one attached hydrogen (secondary N) is 1. The van der Waals surface area contributed by atoms with Crippen LogP contribution in [-0.2, 0) is 9.53 Å². The molecular formula is C10H21NO2. The second kappa shape index (κ2) is 6.89. The second-order valence-corrected chi connectivity index (χ2v) is 3.07. The molecule has 1 fully saturated rings. The molecule has 3 heteroatoms. The molecule has 1 N–H and O–H groups in total. The van der Waals surface area contributed by atoms with Crippen molar-refractivity contribution in [3.05, 3.63) is 0 Å². The first-order chi connectivity index (χ1) is 6.24. The fourth-order valence-corrected chi connectivity index (χ4v) is 1.47. The number of hydrogen-bond acceptors (Lipinski definition) is 3. The Bertz CT molecular complexity index is 148. The van der Waals surface area contributed by atoms with E-state index in [-0.39, 0.29) is 12.0 Å². The maximum atomic E-state index is 11.0. The Morgan fingerprint density at radius 2 is 2.00 bits per heavy atom. The number of hydrogen-bond donors (Lipinski definition) is 1. The summed E-state index contributed by atoms with van der Waals surface area (Å²) in [5, 5.41) is 3.19. The van der Waals surface area contributed by atoms with Crippen LogP contribution in [-0.4, -0.2) is 25.2 Å². The average molecular weight is 187 g/mol. The van der Waals surface area contributed by atoms with Gasteiger partial charge in [0.1, 0.15) is 6.04 Å². The summed E-state index contributed by atoms with van der Waals surface area (Å²) in [6.45, 7) is 6.09. The van der Waals surface area contributed by atoms with Gasteiger partial charge in [-0.15, -0.1) is 0 Å². The molecule has 13 heavy (non-hydrogen) atoms. The van der Waals surface area contributed by atoms with Crippen LogP contribution >= 0.6 is 0 Å². The molecule has 2 unspecified atom stereocenters. The Labute approximate surface area is 80.8 Å². The van der Waals surface area contributed by atoms with Crippen LogP contribution in [0.3, 0.4) is 0 Å². The van der Waals surface area contributed by atoms with Gasteiger partial charge in [-0.2, -0.15) is 0 Å². The third-order valence-corrected chi connectivity index (χ3v) is 2.10. The van der Waals surface area contributed by atoms with Gasteiger partial charge in [0.05, 0.1) is 7.11 Å². The van der Waals surface area contributed by atoms with Crippen molar-refractivity contribution in [1.82, 2.24) is 5.32 Å². The number of piperidine rings is 1. The molecule has 1 saturated heterocycles. The quantitative estimate of drug-likeness (QED) is 0.635. The molecule has 0 aromatic heterocycles. The summed E-state index contributed by atoms with van der Waals surface area (Å²) in [4.78, 5) is 11.0. The molecule has 1 rings (SSSR count). The summed E-state index contributed by atoms with van der Waals surface area (Å²) in [5.74, 6) is -0.128. The summed E-state index contributed by atoms with van der Waals surface area (Å²) in [6.07, 6.45) is 3.19. The van der Waals surface area contributed by atoms with Crippen molar-refractivity contribution in [2.75, 3.05) is 7.11 Å². The van der Waals surface area contributed by atoms with Gasteiger partial charge >= 0.3 is 5.97 Å². The van der Waals surface area contributed by atoms with Gasteiger partial charge in [-0.25, -0.2) is 0 Å². The molecular weight excluding hydrogens is 166 g/mol. The van der Waals surface area contributed by atoms with Crippen LogP contribution in [0.4, 0.5) is 0 Å². The van der Waals surface area contributed by atoms with Crippen molar-refractivity contribution < 1.29 is 9.53 Å². The fraction of sp³-hybridized carbons (Fsp3) is 0.900. The molecule has 0 aromatic carbocycles. The number of carbonyl (C=O) groups excluding carboxylic acids is 1. The first-order valence-electron chi connectivity index (χ1n) is 5.08. The predicted octanol–water partition coefficient (Wildman–Crippen LogP) is 1.72. The van der Waals surface area contributed by atoms with Gasteiger partial charge in [0.15, 0.2) is 0 Å². The van der Waals surface area contributed by atoms with Crippen molar-refractivity contribution in [3.63, 3.8) is 0 Å². The third kappa shape index (κ3) is 4.27. The van der Waals surface area contributed by atoms with Crippen LogP contribution in [0.5, 0.6) is 0 Å². The minimum atomic E-state index is -0.128. The Kier molecular flexibility index (Phi) is 6.59. The lowest BCUT2D eigenvalue weighted by atomic mass is 10.00. The second-order valence-electron chi connectivity index (χ2n) is 3.07. The van der Waals surface area contributed by atoms with Gasteiger partial charge < -0.3 is 10.1 Å². The number of methoxy groups -OCH3 is 1. The average Bonchev–Trinajstić information content (AvgIpc) is 2.20. The van der Waals surface area contributed by atoms with Crippen LogP contribution < -0.4 is 5.32 Å². The highest BCUT2D eigenvalue weighted by atomic mass is 16.5. The largest absolute Gasteiger partial charge is 0.468 e. The molecule has 0 aliphatic carbocycles. The van der Waals surface area contributed by atoms with Crippen molar-refractivity contribution in [2.45, 2.75) is 52.1 Å². The molecule has 0 spiro atoms. The summed E-state index contributed by atoms with van der Waals surface area (Å²) in [7, 11) is 1.43. The van der Waals surface area contributed by atoms with E-state index in [9.17, 15) is 4.79 Å². The lowest BCUT2D eigenvalue weighted by Gasteiger charge is -2.26. The molecule has 1 aliphatic rings. The van der Waals surface area contributed by atoms with E-state index in [1.165, 1.54) is 7.11 Å². The lowest BCUT2D eigenvalue weighted by Crippen LogP contribution is -2.45. The van der Waals surface area contributed by atoms with Gasteiger partial charge in [0.2, 0.25) is 0 Å². The van der Waals surface area contributed by atoms with E-state index in [4.69, 9.17) is 0 Å². The summed E-state index contributed by atoms with van der Waals surface area (Å²) < 4.78 is 4.64. The zero-order valence-corrected chi connectivity index (χ0v) is 9.09. The summed E-state index contributed by atoms with van der Waals surface area (Å²) >= 11 is 0. The van der Waals surface area contributed by atoms with Crippen molar-refractivity contribution in [2.24, 2.45) is 0 Å². The maximum absolute atomic E-state index is 11.0. The van der Waals surface area contributed by atoms with E-state index < -0.39 is 0 Å². The molecule has 78 valence electrons. The van der Waals surface area contributed by atoms with E-state index in [1.54, 1.807) is 0 Å². The molecule has 1 heterocycles. The summed E-state index contributed by atoms with van der Waals surface area (Å²) in [5.41, 5.74) is 0. The molecule has 0 saturated carbocycles. The topological polar surface area (TPSA) is 38.3 Å². The smallest absolute Gasteiger partial charge is 0.322 e. The first-order valence-corrected chi connectivity index (χ1v) is 5.08. The number of carbonyl (C=O) groups is 1. The van der Waals surface area contributed by atoms with E-state index in [1.807, 2.05) is 13.8 Å². The minimum absolute atomic E-state index is 0.0660. The van der Waals surface area contributed by atoms with Gasteiger partial charge in [-0.05, 0) is 26.2 Å².